The molecule has 0 amide bonds. The van der Waals surface area contributed by atoms with Crippen LogP contribution in [-0.4, -0.2) is 72.6 Å². The number of aliphatic hydroxyl groups excluding tert-OH is 2. The summed E-state index contributed by atoms with van der Waals surface area (Å²) in [7, 11) is 1.50. The van der Waals surface area contributed by atoms with Crippen LogP contribution in [0.5, 0.6) is 0 Å². The number of thiazole rings is 1. The predicted molar refractivity (Wildman–Crippen MR) is 112 cm³/mol. The van der Waals surface area contributed by atoms with Crippen molar-refractivity contribution < 1.29 is 19.7 Å². The first kappa shape index (κ1) is 21.6. The molecule has 5 atom stereocenters. The van der Waals surface area contributed by atoms with Crippen molar-refractivity contribution in [3.8, 4) is 17.5 Å². The molecule has 0 saturated carbocycles. The molecule has 3 aromatic heterocycles. The van der Waals surface area contributed by atoms with Gasteiger partial charge in [-0.15, -0.1) is 16.4 Å². The first-order chi connectivity index (χ1) is 15.0. The van der Waals surface area contributed by atoms with Gasteiger partial charge in [-0.25, -0.2) is 9.67 Å². The van der Waals surface area contributed by atoms with Gasteiger partial charge in [0.2, 0.25) is 0 Å². The van der Waals surface area contributed by atoms with Crippen molar-refractivity contribution in [1.29, 1.82) is 5.26 Å². The maximum atomic E-state index is 10.9. The number of nitrogens with zero attached hydrogens (tertiary/aromatic N) is 6. The molecule has 4 heterocycles. The van der Waals surface area contributed by atoms with E-state index in [1.807, 2.05) is 6.07 Å². The summed E-state index contributed by atoms with van der Waals surface area (Å²) in [5, 5.41) is 40.3. The summed E-state index contributed by atoms with van der Waals surface area (Å²) in [6.07, 6.45) is 2.09. The molecule has 31 heavy (non-hydrogen) atoms. The second-order valence-corrected chi connectivity index (χ2v) is 8.76. The van der Waals surface area contributed by atoms with Gasteiger partial charge in [-0.2, -0.15) is 5.26 Å². The van der Waals surface area contributed by atoms with Gasteiger partial charge in [0, 0.05) is 29.8 Å². The predicted octanol–water partition coefficient (Wildman–Crippen LogP) is 0.677. The van der Waals surface area contributed by atoms with Crippen molar-refractivity contribution in [1.82, 2.24) is 25.0 Å². The number of pyridine rings is 1. The van der Waals surface area contributed by atoms with Crippen molar-refractivity contribution in [2.75, 3.05) is 19.5 Å². The second kappa shape index (κ2) is 9.27. The topological polar surface area (TPSA) is 165 Å². The SMILES string of the molecule is COC1C(Sc2cncc(C#N)c2)OC(CO)C(O)C1n1cc(-c2csc(N)n2)nn1. The minimum Gasteiger partial charge on any atom is -0.394 e. The number of nitriles is 1. The maximum absolute atomic E-state index is 10.9. The van der Waals surface area contributed by atoms with Gasteiger partial charge in [-0.05, 0) is 6.07 Å². The lowest BCUT2D eigenvalue weighted by Gasteiger charge is -2.43. The Morgan fingerprint density at radius 3 is 2.94 bits per heavy atom. The molecular formula is C18H19N7O4S2. The standard InChI is InChI=1S/C18H19N7O4S2/c1-28-16-14(25-6-11(23-24-25)12-8-30-18(20)22-12)15(27)13(7-26)29-17(16)31-10-2-9(3-19)4-21-5-10/h2,4-6,8,13-17,26-27H,7H2,1H3,(H2,20,22). The van der Waals surface area contributed by atoms with Crippen LogP contribution in [0, 0.1) is 11.3 Å². The summed E-state index contributed by atoms with van der Waals surface area (Å²) >= 11 is 2.57. The number of thioether (sulfide) groups is 1. The second-order valence-electron chi connectivity index (χ2n) is 6.70. The summed E-state index contributed by atoms with van der Waals surface area (Å²) < 4.78 is 13.1. The minimum absolute atomic E-state index is 0.397. The van der Waals surface area contributed by atoms with E-state index < -0.39 is 36.4 Å². The van der Waals surface area contributed by atoms with Gasteiger partial charge in [0.25, 0.3) is 0 Å². The number of ether oxygens (including phenoxy) is 2. The summed E-state index contributed by atoms with van der Waals surface area (Å²) in [5.74, 6) is 0. The van der Waals surface area contributed by atoms with Gasteiger partial charge < -0.3 is 25.4 Å². The number of nitrogen functional groups attached to an aromatic ring is 1. The number of methoxy groups -OCH3 is 1. The lowest BCUT2D eigenvalue weighted by atomic mass is 9.97. The lowest BCUT2D eigenvalue weighted by molar-refractivity contribution is -0.186. The van der Waals surface area contributed by atoms with Crippen molar-refractivity contribution >= 4 is 28.2 Å². The zero-order chi connectivity index (χ0) is 22.0. The summed E-state index contributed by atoms with van der Waals surface area (Å²) in [5.41, 5.74) is 6.57. The molecule has 11 nitrogen and oxygen atoms in total. The third-order valence-corrected chi connectivity index (χ3v) is 6.57. The Hall–Kier alpha value is -2.60. The van der Waals surface area contributed by atoms with Crippen molar-refractivity contribution in [3.63, 3.8) is 0 Å². The monoisotopic (exact) mass is 461 g/mol. The molecule has 1 aliphatic rings. The summed E-state index contributed by atoms with van der Waals surface area (Å²) in [6.45, 7) is -0.397. The Bertz CT molecular complexity index is 1080. The fraction of sp³-hybridized carbons (Fsp3) is 0.389. The quantitative estimate of drug-likeness (QED) is 0.472. The van der Waals surface area contributed by atoms with Crippen LogP contribution in [0.4, 0.5) is 5.13 Å². The molecule has 0 aliphatic carbocycles. The van der Waals surface area contributed by atoms with Crippen molar-refractivity contribution in [2.24, 2.45) is 0 Å². The summed E-state index contributed by atoms with van der Waals surface area (Å²) in [6, 6.07) is 3.03. The highest BCUT2D eigenvalue weighted by molar-refractivity contribution is 7.99. The molecule has 0 aromatic carbocycles. The molecule has 0 bridgehead atoms. The van der Waals surface area contributed by atoms with Crippen LogP contribution < -0.4 is 5.73 Å². The van der Waals surface area contributed by atoms with Gasteiger partial charge in [0.15, 0.2) is 5.13 Å². The molecule has 3 aromatic rings. The molecule has 1 fully saturated rings. The Morgan fingerprint density at radius 2 is 2.26 bits per heavy atom. The highest BCUT2D eigenvalue weighted by Crippen LogP contribution is 2.39. The van der Waals surface area contributed by atoms with Crippen LogP contribution >= 0.6 is 23.1 Å². The smallest absolute Gasteiger partial charge is 0.180 e. The van der Waals surface area contributed by atoms with E-state index in [9.17, 15) is 10.2 Å². The van der Waals surface area contributed by atoms with E-state index in [1.54, 1.807) is 23.8 Å². The Morgan fingerprint density at radius 1 is 1.42 bits per heavy atom. The van der Waals surface area contributed by atoms with E-state index in [4.69, 9.17) is 20.5 Å². The summed E-state index contributed by atoms with van der Waals surface area (Å²) in [4.78, 5) is 8.95. The van der Waals surface area contributed by atoms with Crippen LogP contribution in [0.25, 0.3) is 11.4 Å². The highest BCUT2D eigenvalue weighted by Gasteiger charge is 2.47. The molecule has 4 rings (SSSR count). The fourth-order valence-electron chi connectivity index (χ4n) is 3.33. The van der Waals surface area contributed by atoms with E-state index in [-0.39, 0.29) is 0 Å². The number of anilines is 1. The lowest BCUT2D eigenvalue weighted by Crippen LogP contribution is -2.55. The van der Waals surface area contributed by atoms with Crippen LogP contribution in [0.3, 0.4) is 0 Å². The van der Waals surface area contributed by atoms with Gasteiger partial charge >= 0.3 is 0 Å². The first-order valence-corrected chi connectivity index (χ1v) is 10.9. The third kappa shape index (κ3) is 4.40. The normalized spacial score (nSPS) is 25.9. The van der Waals surface area contributed by atoms with Crippen LogP contribution in [0.1, 0.15) is 11.6 Å². The molecule has 4 N–H and O–H groups in total. The molecule has 162 valence electrons. The zero-order valence-corrected chi connectivity index (χ0v) is 17.9. The number of nitrogens with two attached hydrogens (primary N) is 1. The van der Waals surface area contributed by atoms with Crippen LogP contribution in [-0.2, 0) is 9.47 Å². The Kier molecular flexibility index (Phi) is 6.46. The molecule has 0 radical (unpaired) electrons. The highest BCUT2D eigenvalue weighted by atomic mass is 32.2. The number of hydrogen-bond acceptors (Lipinski definition) is 12. The molecule has 1 saturated heterocycles. The largest absolute Gasteiger partial charge is 0.394 e. The number of rotatable bonds is 6. The number of aromatic nitrogens is 5. The van der Waals surface area contributed by atoms with Crippen molar-refractivity contribution in [3.05, 3.63) is 35.6 Å². The molecule has 0 spiro atoms. The molecule has 1 aliphatic heterocycles. The van der Waals surface area contributed by atoms with E-state index >= 15 is 0 Å². The fourth-order valence-corrected chi connectivity index (χ4v) is 5.08. The van der Waals surface area contributed by atoms with Crippen LogP contribution in [0.15, 0.2) is 34.9 Å². The maximum Gasteiger partial charge on any atom is 0.180 e. The van der Waals surface area contributed by atoms with E-state index in [2.05, 4.69) is 20.3 Å². The van der Waals surface area contributed by atoms with Gasteiger partial charge in [-0.1, -0.05) is 17.0 Å². The Labute approximate surface area is 185 Å². The number of hydrogen-bond donors (Lipinski definition) is 3. The molecule has 5 unspecified atom stereocenters. The third-order valence-electron chi connectivity index (χ3n) is 4.79. The average Bonchev–Trinajstić information content (AvgIpc) is 3.43. The van der Waals surface area contributed by atoms with Crippen molar-refractivity contribution in [2.45, 2.75) is 34.7 Å². The Balaban J connectivity index is 1.65. The average molecular weight is 462 g/mol. The minimum atomic E-state index is -1.11. The van der Waals surface area contributed by atoms with Crippen LogP contribution in [0.2, 0.25) is 0 Å². The van der Waals surface area contributed by atoms with Gasteiger partial charge in [0.05, 0.1) is 18.4 Å². The molecule has 13 heteroatoms. The zero-order valence-electron chi connectivity index (χ0n) is 16.3. The van der Waals surface area contributed by atoms with Gasteiger partial charge in [0.1, 0.15) is 47.2 Å². The number of aliphatic hydroxyl groups is 2. The van der Waals surface area contributed by atoms with Gasteiger partial charge in [-0.3, -0.25) is 4.98 Å². The molecular weight excluding hydrogens is 442 g/mol. The van der Waals surface area contributed by atoms with E-state index in [0.29, 0.717) is 27.0 Å². The van der Waals surface area contributed by atoms with E-state index in [1.165, 1.54) is 41.1 Å². The van der Waals surface area contributed by atoms with E-state index in [0.717, 1.165) is 0 Å². The first-order valence-electron chi connectivity index (χ1n) is 9.16.